The third-order valence-electron chi connectivity index (χ3n) is 3.58. The molecule has 17 nitrogen and oxygen atoms in total. The Labute approximate surface area is 167 Å². The van der Waals surface area contributed by atoms with Crippen molar-refractivity contribution in [2.24, 2.45) is 0 Å². The van der Waals surface area contributed by atoms with Gasteiger partial charge in [-0.2, -0.15) is 4.98 Å². The topological polar surface area (TPSA) is 282 Å². The van der Waals surface area contributed by atoms with E-state index in [4.69, 9.17) is 10.5 Å². The van der Waals surface area contributed by atoms with Crippen LogP contribution in [-0.4, -0.2) is 44.7 Å². The van der Waals surface area contributed by atoms with Crippen molar-refractivity contribution >= 4 is 29.3 Å². The van der Waals surface area contributed by atoms with Crippen LogP contribution >= 0.6 is 23.5 Å². The lowest BCUT2D eigenvalue weighted by molar-refractivity contribution is -0.339. The number of aromatic nitrogens is 2. The Morgan fingerprint density at radius 1 is 1.17 bits per heavy atom. The maximum absolute atomic E-state index is 11.9. The summed E-state index contributed by atoms with van der Waals surface area (Å²) in [4.78, 5) is 58.5. The average molecular weight is 493 g/mol. The molecule has 1 saturated heterocycles. The average Bonchev–Trinajstić information content (AvgIpc) is 2.81. The fourth-order valence-electron chi connectivity index (χ4n) is 2.31. The van der Waals surface area contributed by atoms with E-state index in [1.165, 1.54) is 6.92 Å². The zero-order valence-corrected chi connectivity index (χ0v) is 17.4. The van der Waals surface area contributed by atoms with E-state index >= 15 is 0 Å². The summed E-state index contributed by atoms with van der Waals surface area (Å²) in [6.45, 7) is 0.339. The molecule has 0 radical (unpaired) electrons. The quantitative estimate of drug-likeness (QED) is 0.288. The molecule has 0 bridgehead atoms. The predicted molar refractivity (Wildman–Crippen MR) is 84.5 cm³/mol. The Bertz CT molecular complexity index is 992. The van der Waals surface area contributed by atoms with Gasteiger partial charge < -0.3 is 49.3 Å². The highest BCUT2D eigenvalue weighted by Crippen LogP contribution is 2.60. The van der Waals surface area contributed by atoms with Gasteiger partial charge in [-0.25, -0.2) is 9.11 Å². The molecule has 4 N–H and O–H groups in total. The molecule has 0 amide bonds. The predicted octanol–water partition coefficient (Wildman–Crippen LogP) is -4.43. The second-order valence-corrected chi connectivity index (χ2v) is 10.1. The van der Waals surface area contributed by atoms with Crippen LogP contribution in [0.1, 0.15) is 11.8 Å². The van der Waals surface area contributed by atoms with Gasteiger partial charge in [-0.1, -0.05) is 0 Å². The molecule has 0 aromatic carbocycles. The van der Waals surface area contributed by atoms with Crippen LogP contribution in [-0.2, 0) is 31.6 Å². The van der Waals surface area contributed by atoms with Gasteiger partial charge in [-0.3, -0.25) is 18.0 Å². The first-order valence-electron chi connectivity index (χ1n) is 7.59. The number of phosphoric ester groups is 1. The number of aliphatic hydroxyl groups is 2. The van der Waals surface area contributed by atoms with E-state index in [1.54, 1.807) is 0 Å². The van der Waals surface area contributed by atoms with Crippen molar-refractivity contribution in [3.8, 4) is 0 Å². The third kappa shape index (κ3) is 6.48. The number of hydrogen-bond donors (Lipinski definition) is 3. The summed E-state index contributed by atoms with van der Waals surface area (Å²) in [6.07, 6.45) is -5.60. The molecule has 2 heterocycles. The minimum atomic E-state index is -6.16. The number of nitrogen functional groups attached to an aromatic ring is 1. The second-order valence-electron chi connectivity index (χ2n) is 5.85. The number of ether oxygens (including phenoxy) is 1. The largest absolute Gasteiger partial charge is 0.790 e. The van der Waals surface area contributed by atoms with E-state index < -0.39 is 60.3 Å². The Morgan fingerprint density at radius 3 is 2.33 bits per heavy atom. The maximum atomic E-state index is 11.9. The van der Waals surface area contributed by atoms with Crippen molar-refractivity contribution in [3.63, 3.8) is 0 Å². The maximum Gasteiger partial charge on any atom is 0.351 e. The summed E-state index contributed by atoms with van der Waals surface area (Å²) in [7, 11) is -18.1. The van der Waals surface area contributed by atoms with E-state index in [2.05, 4.69) is 18.1 Å². The van der Waals surface area contributed by atoms with Crippen molar-refractivity contribution in [3.05, 3.63) is 22.2 Å². The highest BCUT2D eigenvalue weighted by molar-refractivity contribution is 7.64. The minimum Gasteiger partial charge on any atom is -0.790 e. The van der Waals surface area contributed by atoms with Crippen LogP contribution in [0.15, 0.2) is 11.0 Å². The SMILES string of the molecule is Cc1cn([C@@H]2O[C@H](COP(=O)([O-])OP(=O)([O-])OP(=O)([O-])[O-])[C@@H](O)[C@H]2O)c(=O)nc1N. The number of nitrogens with two attached hydrogens (primary N) is 1. The molecule has 1 fully saturated rings. The van der Waals surface area contributed by atoms with Crippen LogP contribution in [0.3, 0.4) is 0 Å². The minimum absolute atomic E-state index is 0.0985. The summed E-state index contributed by atoms with van der Waals surface area (Å²) in [5, 5.41) is 20.0. The van der Waals surface area contributed by atoms with Crippen molar-refractivity contribution in [2.45, 2.75) is 31.5 Å². The molecular weight excluding hydrogens is 479 g/mol. The molecular formula is C10H14N3O14P3-4. The molecule has 0 saturated carbocycles. The van der Waals surface area contributed by atoms with E-state index in [1.807, 2.05) is 0 Å². The summed E-state index contributed by atoms with van der Waals surface area (Å²) in [5.41, 5.74) is 4.83. The molecule has 1 aromatic heterocycles. The lowest BCUT2D eigenvalue weighted by atomic mass is 10.1. The summed E-state index contributed by atoms with van der Waals surface area (Å²) in [6, 6.07) is 0. The Hall–Kier alpha value is -1.03. The van der Waals surface area contributed by atoms with Crippen LogP contribution in [0.4, 0.5) is 5.82 Å². The van der Waals surface area contributed by atoms with Crippen LogP contribution in [0.2, 0.25) is 0 Å². The number of phosphoric acid groups is 3. The Morgan fingerprint density at radius 2 is 1.77 bits per heavy atom. The first kappa shape index (κ1) is 25.2. The Kier molecular flexibility index (Phi) is 7.44. The van der Waals surface area contributed by atoms with Crippen molar-refractivity contribution in [1.82, 2.24) is 9.55 Å². The van der Waals surface area contributed by atoms with Crippen LogP contribution in [0, 0.1) is 6.92 Å². The zero-order chi connectivity index (χ0) is 23.1. The van der Waals surface area contributed by atoms with Crippen LogP contribution in [0.5, 0.6) is 0 Å². The molecule has 172 valence electrons. The van der Waals surface area contributed by atoms with Crippen molar-refractivity contribution < 1.29 is 61.4 Å². The molecule has 1 aromatic rings. The van der Waals surface area contributed by atoms with E-state index in [0.717, 1.165) is 10.8 Å². The Balaban J connectivity index is 2.09. The molecule has 1 aliphatic heterocycles. The number of hydrogen-bond acceptors (Lipinski definition) is 16. The van der Waals surface area contributed by atoms with Gasteiger partial charge >= 0.3 is 5.69 Å². The molecule has 6 atom stereocenters. The van der Waals surface area contributed by atoms with E-state index in [-0.39, 0.29) is 5.82 Å². The molecule has 0 aliphatic carbocycles. The van der Waals surface area contributed by atoms with Gasteiger partial charge in [-0.15, -0.1) is 0 Å². The summed E-state index contributed by atoms with van der Waals surface area (Å²) < 4.78 is 49.3. The van der Waals surface area contributed by atoms with E-state index in [9.17, 15) is 48.3 Å². The lowest BCUT2D eigenvalue weighted by Crippen LogP contribution is -2.36. The van der Waals surface area contributed by atoms with Gasteiger partial charge in [-0.05, 0) is 6.92 Å². The number of aryl methyl sites for hydroxylation is 1. The van der Waals surface area contributed by atoms with Gasteiger partial charge in [0.05, 0.1) is 14.4 Å². The molecule has 30 heavy (non-hydrogen) atoms. The normalized spacial score (nSPS) is 28.8. The highest BCUT2D eigenvalue weighted by atomic mass is 31.3. The van der Waals surface area contributed by atoms with Crippen molar-refractivity contribution in [2.75, 3.05) is 12.3 Å². The van der Waals surface area contributed by atoms with Gasteiger partial charge in [0, 0.05) is 11.8 Å². The van der Waals surface area contributed by atoms with Crippen LogP contribution < -0.4 is 31.0 Å². The highest BCUT2D eigenvalue weighted by Gasteiger charge is 2.45. The molecule has 2 rings (SSSR count). The molecule has 20 heteroatoms. The van der Waals surface area contributed by atoms with Crippen LogP contribution in [0.25, 0.3) is 0 Å². The fraction of sp³-hybridized carbons (Fsp3) is 0.600. The number of aliphatic hydroxyl groups excluding tert-OH is 2. The summed E-state index contributed by atoms with van der Waals surface area (Å²) in [5.74, 6) is -0.0985. The second kappa shape index (κ2) is 8.84. The smallest absolute Gasteiger partial charge is 0.351 e. The zero-order valence-electron chi connectivity index (χ0n) is 14.7. The number of rotatable bonds is 8. The van der Waals surface area contributed by atoms with Gasteiger partial charge in [0.2, 0.25) is 0 Å². The lowest BCUT2D eigenvalue weighted by Gasteiger charge is -2.37. The third-order valence-corrected chi connectivity index (χ3v) is 7.25. The van der Waals surface area contributed by atoms with Gasteiger partial charge in [0.25, 0.3) is 15.6 Å². The standard InChI is InChI=1S/C10H18N3O14P3/c1-4-2-13(10(16)12-8(4)11)9-7(15)6(14)5(25-9)3-24-29(20,21)27-30(22,23)26-28(17,18)19/h2,5-7,9,14-15H,3H2,1H3,(H,20,21)(H,22,23)(H2,11,12,16)(H2,17,18,19)/p-4/t5-,6-,7-,9-/m1/s1. The summed E-state index contributed by atoms with van der Waals surface area (Å²) >= 11 is 0. The van der Waals surface area contributed by atoms with Gasteiger partial charge in [0.15, 0.2) is 6.23 Å². The fourth-order valence-corrected chi connectivity index (χ4v) is 5.17. The van der Waals surface area contributed by atoms with Gasteiger partial charge in [0.1, 0.15) is 24.1 Å². The molecule has 1 aliphatic rings. The molecule has 2 unspecified atom stereocenters. The van der Waals surface area contributed by atoms with Crippen molar-refractivity contribution in [1.29, 1.82) is 0 Å². The number of anilines is 1. The first-order chi connectivity index (χ1) is 13.5. The van der Waals surface area contributed by atoms with E-state index in [0.29, 0.717) is 5.56 Å². The molecule has 0 spiro atoms. The first-order valence-corrected chi connectivity index (χ1v) is 12.0. The number of nitrogens with zero attached hydrogens (tertiary/aromatic N) is 2. The monoisotopic (exact) mass is 493 g/mol.